The number of rotatable bonds is 9. The normalized spacial score (nSPS) is 14.6. The summed E-state index contributed by atoms with van der Waals surface area (Å²) in [5.74, 6) is -0.427. The molecule has 0 atom stereocenters. The predicted molar refractivity (Wildman–Crippen MR) is 122 cm³/mol. The summed E-state index contributed by atoms with van der Waals surface area (Å²) >= 11 is 0. The number of likely N-dealkylation sites (tertiary alicyclic amines) is 1. The fraction of sp³-hybridized carbons (Fsp3) is 0.391. The molecule has 1 aliphatic rings. The Morgan fingerprint density at radius 3 is 2.50 bits per heavy atom. The number of nitrogens with zero attached hydrogens (tertiary/aromatic N) is 3. The summed E-state index contributed by atoms with van der Waals surface area (Å²) in [6, 6.07) is 12.9. The Morgan fingerprint density at radius 2 is 1.91 bits per heavy atom. The van der Waals surface area contributed by atoms with Crippen LogP contribution in [0.25, 0.3) is 0 Å². The van der Waals surface area contributed by atoms with Crippen molar-refractivity contribution in [3.05, 3.63) is 59.4 Å². The van der Waals surface area contributed by atoms with Crippen LogP contribution in [0.3, 0.4) is 0 Å². The fourth-order valence-electron chi connectivity index (χ4n) is 3.75. The van der Waals surface area contributed by atoms with Crippen LogP contribution < -0.4 is 9.62 Å². The Morgan fingerprint density at radius 1 is 1.22 bits per heavy atom. The summed E-state index contributed by atoms with van der Waals surface area (Å²) in [6.45, 7) is 3.14. The topological polar surface area (TPSA) is 93.5 Å². The van der Waals surface area contributed by atoms with Gasteiger partial charge in [0.25, 0.3) is 0 Å². The quantitative estimate of drug-likeness (QED) is 0.581. The van der Waals surface area contributed by atoms with E-state index in [1.54, 1.807) is 42.2 Å². The molecule has 32 heavy (non-hydrogen) atoms. The van der Waals surface area contributed by atoms with Crippen LogP contribution >= 0.6 is 0 Å². The number of halogens is 1. The second-order valence-corrected chi connectivity index (χ2v) is 9.86. The van der Waals surface area contributed by atoms with Crippen molar-refractivity contribution in [2.24, 2.45) is 0 Å². The molecule has 1 N–H and O–H groups in total. The van der Waals surface area contributed by atoms with E-state index in [9.17, 15) is 22.9 Å². The first-order chi connectivity index (χ1) is 15.4. The highest BCUT2D eigenvalue weighted by Crippen LogP contribution is 2.28. The van der Waals surface area contributed by atoms with Crippen LogP contribution in [0.1, 0.15) is 37.3 Å². The maximum atomic E-state index is 13.3. The number of carbonyl (C=O) groups is 1. The van der Waals surface area contributed by atoms with Gasteiger partial charge in [-0.25, -0.2) is 12.8 Å². The molecule has 2 aromatic rings. The molecule has 7 nitrogen and oxygen atoms in total. The number of nitriles is 1. The first kappa shape index (κ1) is 23.5. The van der Waals surface area contributed by atoms with E-state index in [1.807, 2.05) is 0 Å². The first-order valence-corrected chi connectivity index (χ1v) is 12.2. The van der Waals surface area contributed by atoms with Gasteiger partial charge in [0.05, 0.1) is 29.2 Å². The largest absolute Gasteiger partial charge is 0.381 e. The average Bonchev–Trinajstić information content (AvgIpc) is 2.79. The smallest absolute Gasteiger partial charge is 0.235 e. The lowest BCUT2D eigenvalue weighted by molar-refractivity contribution is -0.118. The third-order valence-electron chi connectivity index (χ3n) is 5.49. The average molecular weight is 459 g/mol. The van der Waals surface area contributed by atoms with Gasteiger partial charge < -0.3 is 10.2 Å². The van der Waals surface area contributed by atoms with Gasteiger partial charge in [-0.3, -0.25) is 9.10 Å². The molecule has 2 aromatic carbocycles. The van der Waals surface area contributed by atoms with E-state index in [1.165, 1.54) is 16.4 Å². The van der Waals surface area contributed by atoms with Crippen LogP contribution in [0.4, 0.5) is 15.8 Å². The van der Waals surface area contributed by atoms with Gasteiger partial charge in [0, 0.05) is 19.1 Å². The highest BCUT2D eigenvalue weighted by atomic mass is 32.2. The van der Waals surface area contributed by atoms with Gasteiger partial charge in [-0.15, -0.1) is 0 Å². The van der Waals surface area contributed by atoms with Crippen molar-refractivity contribution < 1.29 is 17.6 Å². The Balaban J connectivity index is 1.87. The molecule has 0 aromatic heterocycles. The van der Waals surface area contributed by atoms with E-state index in [0.29, 0.717) is 42.0 Å². The fourth-order valence-corrected chi connectivity index (χ4v) is 5.27. The summed E-state index contributed by atoms with van der Waals surface area (Å²) < 4.78 is 40.5. The zero-order valence-corrected chi connectivity index (χ0v) is 18.8. The van der Waals surface area contributed by atoms with E-state index in [4.69, 9.17) is 0 Å². The zero-order valence-electron chi connectivity index (χ0n) is 18.0. The number of benzene rings is 2. The van der Waals surface area contributed by atoms with Gasteiger partial charge in [0.15, 0.2) is 0 Å². The van der Waals surface area contributed by atoms with Crippen molar-refractivity contribution in [2.45, 2.75) is 38.8 Å². The number of piperidine rings is 1. The Kier molecular flexibility index (Phi) is 7.70. The third-order valence-corrected chi connectivity index (χ3v) is 7.42. The minimum Gasteiger partial charge on any atom is -0.381 e. The molecular weight excluding hydrogens is 431 g/mol. The van der Waals surface area contributed by atoms with Crippen LogP contribution in [0.2, 0.25) is 0 Å². The van der Waals surface area contributed by atoms with Gasteiger partial charge >= 0.3 is 0 Å². The molecule has 1 aliphatic heterocycles. The van der Waals surface area contributed by atoms with Gasteiger partial charge in [-0.2, -0.15) is 5.26 Å². The molecule has 1 heterocycles. The lowest BCUT2D eigenvalue weighted by Crippen LogP contribution is -2.38. The minimum atomic E-state index is -3.64. The number of hydrogen-bond donors (Lipinski definition) is 1. The predicted octanol–water partition coefficient (Wildman–Crippen LogP) is 3.48. The second-order valence-electron chi connectivity index (χ2n) is 7.85. The summed E-state index contributed by atoms with van der Waals surface area (Å²) in [7, 11) is -3.64. The molecule has 1 amide bonds. The van der Waals surface area contributed by atoms with E-state index >= 15 is 0 Å². The van der Waals surface area contributed by atoms with Crippen LogP contribution in [0, 0.1) is 17.1 Å². The number of hydrogen-bond acceptors (Lipinski definition) is 5. The van der Waals surface area contributed by atoms with Crippen molar-refractivity contribution in [2.75, 3.05) is 28.5 Å². The summed E-state index contributed by atoms with van der Waals surface area (Å²) in [6.07, 6.45) is 2.84. The Bertz CT molecular complexity index is 1080. The lowest BCUT2D eigenvalue weighted by atomic mass is 10.0. The molecular formula is C23H27FN4O3S. The lowest BCUT2D eigenvalue weighted by Gasteiger charge is -2.31. The van der Waals surface area contributed by atoms with Crippen LogP contribution in [-0.2, 0) is 21.4 Å². The van der Waals surface area contributed by atoms with E-state index in [2.05, 4.69) is 11.4 Å². The van der Waals surface area contributed by atoms with Crippen LogP contribution in [0.5, 0.6) is 0 Å². The van der Waals surface area contributed by atoms with E-state index in [0.717, 1.165) is 19.3 Å². The molecule has 0 unspecified atom stereocenters. The summed E-state index contributed by atoms with van der Waals surface area (Å²) in [5.41, 5.74) is 2.01. The molecule has 1 saturated heterocycles. The van der Waals surface area contributed by atoms with Crippen molar-refractivity contribution in [3.8, 4) is 6.07 Å². The molecule has 0 radical (unpaired) electrons. The van der Waals surface area contributed by atoms with Gasteiger partial charge in [0.1, 0.15) is 11.9 Å². The Hall–Kier alpha value is -3.12. The molecule has 0 spiro atoms. The zero-order chi connectivity index (χ0) is 23.1. The van der Waals surface area contributed by atoms with Crippen molar-refractivity contribution in [3.63, 3.8) is 0 Å². The number of anilines is 2. The maximum Gasteiger partial charge on any atom is 0.235 e. The molecule has 0 aliphatic carbocycles. The maximum absolute atomic E-state index is 13.3. The second kappa shape index (κ2) is 10.5. The molecule has 0 bridgehead atoms. The third kappa shape index (κ3) is 5.77. The van der Waals surface area contributed by atoms with Gasteiger partial charge in [-0.1, -0.05) is 19.1 Å². The molecule has 170 valence electrons. The first-order valence-electron chi connectivity index (χ1n) is 10.6. The highest BCUT2D eigenvalue weighted by molar-refractivity contribution is 7.92. The van der Waals surface area contributed by atoms with Gasteiger partial charge in [0.2, 0.25) is 16.4 Å². The van der Waals surface area contributed by atoms with E-state index < -0.39 is 15.8 Å². The van der Waals surface area contributed by atoms with Crippen molar-refractivity contribution >= 4 is 27.8 Å². The summed E-state index contributed by atoms with van der Waals surface area (Å²) in [4.78, 5) is 12.6. The molecule has 3 rings (SSSR count). The van der Waals surface area contributed by atoms with Crippen LogP contribution in [0.15, 0.2) is 42.5 Å². The standard InChI is InChI=1S/C23H27FN4O3S/c1-2-13-32(30,31)28(16-18-3-5-20(24)6-4-18)22-7-8-23(19(14-22)15-25)26-21-9-11-27(17-29)12-10-21/h3-8,14,17,21,26H,2,9-13,16H2,1H3. The van der Waals surface area contributed by atoms with Crippen LogP contribution in [-0.4, -0.2) is 44.6 Å². The highest BCUT2D eigenvalue weighted by Gasteiger charge is 2.24. The number of amides is 1. The number of carbonyl (C=O) groups excluding carboxylic acids is 1. The van der Waals surface area contributed by atoms with E-state index in [-0.39, 0.29) is 18.3 Å². The molecule has 1 fully saturated rings. The van der Waals surface area contributed by atoms with Gasteiger partial charge in [-0.05, 0) is 55.2 Å². The summed E-state index contributed by atoms with van der Waals surface area (Å²) in [5, 5.41) is 13.1. The SMILES string of the molecule is CCCS(=O)(=O)N(Cc1ccc(F)cc1)c1ccc(NC2CCN(C=O)CC2)c(C#N)c1. The molecule has 9 heteroatoms. The van der Waals surface area contributed by atoms with Crippen molar-refractivity contribution in [1.29, 1.82) is 5.26 Å². The number of nitrogens with one attached hydrogen (secondary N) is 1. The Labute approximate surface area is 188 Å². The molecule has 0 saturated carbocycles. The monoisotopic (exact) mass is 458 g/mol. The minimum absolute atomic E-state index is 0.0363. The number of sulfonamides is 1. The van der Waals surface area contributed by atoms with Crippen molar-refractivity contribution in [1.82, 2.24) is 4.90 Å².